The molecule has 1 heterocycles. The Kier molecular flexibility index (Phi) is 1.83. The first-order valence-electron chi connectivity index (χ1n) is 3.54. The Morgan fingerprint density at radius 1 is 1.60 bits per heavy atom. The largest absolute Gasteiger partial charge is 0.446 e. The lowest BCUT2D eigenvalue weighted by molar-refractivity contribution is 0.0205. The maximum absolute atomic E-state index is 10.9. The highest BCUT2D eigenvalue weighted by Crippen LogP contribution is 2.15. The highest BCUT2D eigenvalue weighted by molar-refractivity contribution is 5.68. The highest BCUT2D eigenvalue weighted by atomic mass is 16.6. The van der Waals surface area contributed by atoms with Crippen LogP contribution in [0.4, 0.5) is 4.79 Å². The van der Waals surface area contributed by atoms with E-state index in [9.17, 15) is 4.79 Å². The fourth-order valence-corrected chi connectivity index (χ4v) is 1.12. The van der Waals surface area contributed by atoms with E-state index in [4.69, 9.17) is 4.74 Å². The maximum Gasteiger partial charge on any atom is 0.410 e. The van der Waals surface area contributed by atoms with Crippen molar-refractivity contribution in [2.75, 3.05) is 7.05 Å². The van der Waals surface area contributed by atoms with Crippen LogP contribution in [0, 0.1) is 0 Å². The van der Waals surface area contributed by atoms with Crippen LogP contribution in [-0.2, 0) is 4.74 Å². The summed E-state index contributed by atoms with van der Waals surface area (Å²) in [6, 6.07) is 0.316. The summed E-state index contributed by atoms with van der Waals surface area (Å²) in [5, 5.41) is 0. The standard InChI is InChI=1S/C7H13NO2/c1-5-4-6(2)10-7(9)8(5)3/h5-6H,4H2,1-3H3/t5-,6-/m1/s1. The van der Waals surface area contributed by atoms with Crippen LogP contribution in [0.2, 0.25) is 0 Å². The molecule has 1 fully saturated rings. The van der Waals surface area contributed by atoms with Crippen LogP contribution in [0.3, 0.4) is 0 Å². The molecule has 2 atom stereocenters. The lowest BCUT2D eigenvalue weighted by atomic mass is 10.1. The minimum Gasteiger partial charge on any atom is -0.446 e. The molecule has 1 rings (SSSR count). The van der Waals surface area contributed by atoms with Gasteiger partial charge >= 0.3 is 6.09 Å². The number of carbonyl (C=O) groups is 1. The predicted molar refractivity (Wildman–Crippen MR) is 37.8 cm³/mol. The Morgan fingerprint density at radius 3 is 2.70 bits per heavy atom. The fourth-order valence-electron chi connectivity index (χ4n) is 1.12. The van der Waals surface area contributed by atoms with Crippen molar-refractivity contribution in [1.29, 1.82) is 0 Å². The Hall–Kier alpha value is -0.730. The first-order chi connectivity index (χ1) is 4.61. The van der Waals surface area contributed by atoms with E-state index >= 15 is 0 Å². The topological polar surface area (TPSA) is 29.5 Å². The third-order valence-corrected chi connectivity index (χ3v) is 1.92. The SMILES string of the molecule is C[C@@H]1C[C@@H](C)N(C)C(=O)O1. The van der Waals surface area contributed by atoms with Crippen molar-refractivity contribution in [3.05, 3.63) is 0 Å². The zero-order valence-electron chi connectivity index (χ0n) is 6.63. The van der Waals surface area contributed by atoms with E-state index in [-0.39, 0.29) is 12.2 Å². The number of hydrogen-bond acceptors (Lipinski definition) is 2. The van der Waals surface area contributed by atoms with Gasteiger partial charge in [0.25, 0.3) is 0 Å². The van der Waals surface area contributed by atoms with Gasteiger partial charge in [-0.3, -0.25) is 0 Å². The van der Waals surface area contributed by atoms with E-state index in [1.807, 2.05) is 13.8 Å². The maximum atomic E-state index is 10.9. The Balaban J connectivity index is 2.57. The lowest BCUT2D eigenvalue weighted by Gasteiger charge is -2.32. The lowest BCUT2D eigenvalue weighted by Crippen LogP contribution is -2.44. The number of hydrogen-bond donors (Lipinski definition) is 0. The van der Waals surface area contributed by atoms with Gasteiger partial charge in [0, 0.05) is 19.5 Å². The van der Waals surface area contributed by atoms with Crippen LogP contribution in [0.5, 0.6) is 0 Å². The number of rotatable bonds is 0. The summed E-state index contributed by atoms with van der Waals surface area (Å²) in [5.41, 5.74) is 0. The van der Waals surface area contributed by atoms with E-state index in [0.29, 0.717) is 6.04 Å². The van der Waals surface area contributed by atoms with Gasteiger partial charge in [0.05, 0.1) is 0 Å². The van der Waals surface area contributed by atoms with Gasteiger partial charge in [-0.05, 0) is 13.8 Å². The van der Waals surface area contributed by atoms with E-state index in [1.165, 1.54) is 0 Å². The van der Waals surface area contributed by atoms with Gasteiger partial charge < -0.3 is 9.64 Å². The zero-order valence-corrected chi connectivity index (χ0v) is 6.63. The molecule has 0 N–H and O–H groups in total. The Bertz CT molecular complexity index is 147. The monoisotopic (exact) mass is 143 g/mol. The Morgan fingerprint density at radius 2 is 2.20 bits per heavy atom. The zero-order chi connectivity index (χ0) is 7.72. The van der Waals surface area contributed by atoms with Gasteiger partial charge in [-0.2, -0.15) is 0 Å². The van der Waals surface area contributed by atoms with E-state index in [0.717, 1.165) is 6.42 Å². The van der Waals surface area contributed by atoms with Crippen LogP contribution >= 0.6 is 0 Å². The second-order valence-corrected chi connectivity index (χ2v) is 2.89. The molecular weight excluding hydrogens is 130 g/mol. The van der Waals surface area contributed by atoms with Gasteiger partial charge in [-0.25, -0.2) is 4.79 Å². The van der Waals surface area contributed by atoms with Crippen molar-refractivity contribution >= 4 is 6.09 Å². The molecule has 3 heteroatoms. The summed E-state index contributed by atoms with van der Waals surface area (Å²) >= 11 is 0. The van der Waals surface area contributed by atoms with E-state index in [1.54, 1.807) is 11.9 Å². The molecule has 3 nitrogen and oxygen atoms in total. The van der Waals surface area contributed by atoms with Crippen molar-refractivity contribution in [3.63, 3.8) is 0 Å². The van der Waals surface area contributed by atoms with Gasteiger partial charge in [0.15, 0.2) is 0 Å². The minimum absolute atomic E-state index is 0.0821. The van der Waals surface area contributed by atoms with Gasteiger partial charge in [0.2, 0.25) is 0 Å². The molecule has 0 bridgehead atoms. The number of nitrogens with zero attached hydrogens (tertiary/aromatic N) is 1. The molecule has 1 aliphatic rings. The second-order valence-electron chi connectivity index (χ2n) is 2.89. The minimum atomic E-state index is -0.203. The first kappa shape index (κ1) is 7.38. The van der Waals surface area contributed by atoms with Crippen LogP contribution in [0.15, 0.2) is 0 Å². The highest BCUT2D eigenvalue weighted by Gasteiger charge is 2.26. The van der Waals surface area contributed by atoms with Gasteiger partial charge in [-0.1, -0.05) is 0 Å². The van der Waals surface area contributed by atoms with Crippen molar-refractivity contribution in [1.82, 2.24) is 4.90 Å². The van der Waals surface area contributed by atoms with Crippen LogP contribution in [-0.4, -0.2) is 30.2 Å². The third-order valence-electron chi connectivity index (χ3n) is 1.92. The molecule has 1 aliphatic heterocycles. The molecule has 0 unspecified atom stereocenters. The molecule has 1 amide bonds. The van der Waals surface area contributed by atoms with Gasteiger partial charge in [-0.15, -0.1) is 0 Å². The van der Waals surface area contributed by atoms with Crippen molar-refractivity contribution in [3.8, 4) is 0 Å². The smallest absolute Gasteiger partial charge is 0.410 e. The van der Waals surface area contributed by atoms with Crippen LogP contribution in [0.25, 0.3) is 0 Å². The summed E-state index contributed by atoms with van der Waals surface area (Å²) < 4.78 is 4.96. The summed E-state index contributed by atoms with van der Waals surface area (Å²) in [5.74, 6) is 0. The molecule has 0 aliphatic carbocycles. The van der Waals surface area contributed by atoms with Gasteiger partial charge in [0.1, 0.15) is 6.10 Å². The molecule has 58 valence electrons. The molecule has 0 saturated carbocycles. The van der Waals surface area contributed by atoms with Crippen molar-refractivity contribution < 1.29 is 9.53 Å². The predicted octanol–water partition coefficient (Wildman–Crippen LogP) is 1.24. The quantitative estimate of drug-likeness (QED) is 0.510. The average Bonchev–Trinajstić information content (AvgIpc) is 1.82. The fraction of sp³-hybridized carbons (Fsp3) is 0.857. The van der Waals surface area contributed by atoms with E-state index < -0.39 is 0 Å². The number of cyclic esters (lactones) is 1. The number of carbonyl (C=O) groups excluding carboxylic acids is 1. The molecule has 0 spiro atoms. The summed E-state index contributed by atoms with van der Waals surface area (Å²) in [6.45, 7) is 3.94. The van der Waals surface area contributed by atoms with Crippen LogP contribution in [0.1, 0.15) is 20.3 Å². The van der Waals surface area contributed by atoms with Crippen molar-refractivity contribution in [2.45, 2.75) is 32.4 Å². The molecular formula is C7H13NO2. The number of ether oxygens (including phenoxy) is 1. The molecule has 0 aromatic heterocycles. The van der Waals surface area contributed by atoms with Crippen LogP contribution < -0.4 is 0 Å². The molecule has 1 saturated heterocycles. The summed E-state index contributed by atoms with van der Waals surface area (Å²) in [4.78, 5) is 12.5. The normalized spacial score (nSPS) is 33.9. The van der Waals surface area contributed by atoms with E-state index in [2.05, 4.69) is 0 Å². The summed E-state index contributed by atoms with van der Waals surface area (Å²) in [7, 11) is 1.76. The molecule has 0 aromatic carbocycles. The summed E-state index contributed by atoms with van der Waals surface area (Å²) in [6.07, 6.45) is 0.812. The molecule has 0 aromatic rings. The number of amides is 1. The van der Waals surface area contributed by atoms with Crippen molar-refractivity contribution in [2.24, 2.45) is 0 Å². The molecule has 10 heavy (non-hydrogen) atoms. The first-order valence-corrected chi connectivity index (χ1v) is 3.54. The third kappa shape index (κ3) is 1.23. The average molecular weight is 143 g/mol. The molecule has 0 radical (unpaired) electrons. The second kappa shape index (κ2) is 2.48. The Labute approximate surface area is 61.0 Å².